The van der Waals surface area contributed by atoms with Crippen molar-refractivity contribution in [2.45, 2.75) is 13.1 Å². The fraction of sp³-hybridized carbons (Fsp3) is 0.273. The minimum atomic E-state index is -4.64. The van der Waals surface area contributed by atoms with Crippen molar-refractivity contribution < 1.29 is 17.6 Å². The van der Waals surface area contributed by atoms with Crippen LogP contribution in [0.5, 0.6) is 0 Å². The monoisotopic (exact) mass is 291 g/mol. The van der Waals surface area contributed by atoms with E-state index in [-0.39, 0.29) is 10.5 Å². The van der Waals surface area contributed by atoms with Gasteiger partial charge in [0.1, 0.15) is 5.82 Å². The van der Waals surface area contributed by atoms with Gasteiger partial charge < -0.3 is 0 Å². The molecule has 0 amide bonds. The highest BCUT2D eigenvalue weighted by molar-refractivity contribution is 7.71. The first-order chi connectivity index (χ1) is 8.71. The van der Waals surface area contributed by atoms with Gasteiger partial charge in [0, 0.05) is 7.05 Å². The topological polar surface area (TPSA) is 22.8 Å². The van der Waals surface area contributed by atoms with Crippen molar-refractivity contribution in [3.8, 4) is 5.69 Å². The lowest BCUT2D eigenvalue weighted by atomic mass is 10.2. The molecule has 2 aromatic rings. The molecule has 2 rings (SSSR count). The highest BCUT2D eigenvalue weighted by atomic mass is 32.1. The molecule has 0 atom stereocenters. The number of hydrogen-bond donors (Lipinski definition) is 0. The van der Waals surface area contributed by atoms with Crippen LogP contribution in [-0.4, -0.2) is 14.3 Å². The van der Waals surface area contributed by atoms with E-state index in [9.17, 15) is 17.6 Å². The van der Waals surface area contributed by atoms with Gasteiger partial charge in [0.15, 0.2) is 0 Å². The predicted molar refractivity (Wildman–Crippen MR) is 63.1 cm³/mol. The molecule has 3 nitrogen and oxygen atoms in total. The van der Waals surface area contributed by atoms with Crippen LogP contribution >= 0.6 is 12.2 Å². The fourth-order valence-electron chi connectivity index (χ4n) is 1.74. The van der Waals surface area contributed by atoms with E-state index in [0.717, 1.165) is 21.4 Å². The summed E-state index contributed by atoms with van der Waals surface area (Å²) in [7, 11) is 1.33. The third-order valence-corrected chi connectivity index (χ3v) is 3.02. The van der Waals surface area contributed by atoms with E-state index < -0.39 is 17.8 Å². The number of aryl methyl sites for hydroxylation is 2. The number of nitrogens with zero attached hydrogens (tertiary/aromatic N) is 3. The molecule has 0 aliphatic heterocycles. The maximum absolute atomic E-state index is 13.0. The number of halogens is 4. The lowest BCUT2D eigenvalue weighted by Crippen LogP contribution is -2.14. The zero-order chi connectivity index (χ0) is 14.4. The Morgan fingerprint density at radius 2 is 1.89 bits per heavy atom. The van der Waals surface area contributed by atoms with Crippen molar-refractivity contribution in [2.75, 3.05) is 0 Å². The molecule has 0 saturated heterocycles. The predicted octanol–water partition coefficient (Wildman–Crippen LogP) is 3.41. The van der Waals surface area contributed by atoms with Crippen LogP contribution in [0.15, 0.2) is 18.2 Å². The zero-order valence-corrected chi connectivity index (χ0v) is 10.8. The third kappa shape index (κ3) is 2.40. The third-order valence-electron chi connectivity index (χ3n) is 2.58. The van der Waals surface area contributed by atoms with Gasteiger partial charge in [-0.25, -0.2) is 9.07 Å². The van der Waals surface area contributed by atoms with Crippen molar-refractivity contribution in [1.82, 2.24) is 14.3 Å². The summed E-state index contributed by atoms with van der Waals surface area (Å²) in [6.07, 6.45) is -4.64. The summed E-state index contributed by atoms with van der Waals surface area (Å²) < 4.78 is 53.4. The molecule has 0 N–H and O–H groups in total. The quantitative estimate of drug-likeness (QED) is 0.593. The second-order valence-electron chi connectivity index (χ2n) is 3.99. The maximum Gasteiger partial charge on any atom is 0.452 e. The van der Waals surface area contributed by atoms with E-state index in [1.165, 1.54) is 20.0 Å². The van der Waals surface area contributed by atoms with Crippen LogP contribution in [0, 0.1) is 17.5 Å². The highest BCUT2D eigenvalue weighted by Gasteiger charge is 2.38. The minimum Gasteiger partial charge on any atom is -0.264 e. The Hall–Kier alpha value is -1.70. The van der Waals surface area contributed by atoms with Crippen molar-refractivity contribution in [1.29, 1.82) is 0 Å². The molecule has 0 unspecified atom stereocenters. The van der Waals surface area contributed by atoms with Gasteiger partial charge in [0.2, 0.25) is 10.6 Å². The molecular weight excluding hydrogens is 282 g/mol. The first kappa shape index (κ1) is 13.7. The molecule has 19 heavy (non-hydrogen) atoms. The minimum absolute atomic E-state index is 0.109. The van der Waals surface area contributed by atoms with E-state index in [4.69, 9.17) is 12.2 Å². The number of benzene rings is 1. The second-order valence-corrected chi connectivity index (χ2v) is 4.36. The van der Waals surface area contributed by atoms with E-state index in [0.29, 0.717) is 5.56 Å². The van der Waals surface area contributed by atoms with Crippen LogP contribution in [0.3, 0.4) is 0 Å². The molecular formula is C11H9F4N3S. The van der Waals surface area contributed by atoms with Crippen LogP contribution in [0.1, 0.15) is 11.4 Å². The molecule has 1 aromatic carbocycles. The van der Waals surface area contributed by atoms with Crippen molar-refractivity contribution in [3.63, 3.8) is 0 Å². The van der Waals surface area contributed by atoms with Gasteiger partial charge >= 0.3 is 6.18 Å². The summed E-state index contributed by atoms with van der Waals surface area (Å²) in [5, 5.41) is 3.38. The van der Waals surface area contributed by atoms with Crippen molar-refractivity contribution >= 4 is 12.2 Å². The number of alkyl halides is 3. The van der Waals surface area contributed by atoms with Gasteiger partial charge in [-0.2, -0.15) is 13.2 Å². The summed E-state index contributed by atoms with van der Waals surface area (Å²) in [5.41, 5.74) is 0.501. The van der Waals surface area contributed by atoms with Crippen LogP contribution in [0.25, 0.3) is 5.69 Å². The van der Waals surface area contributed by atoms with Crippen LogP contribution in [-0.2, 0) is 13.2 Å². The van der Waals surface area contributed by atoms with Gasteiger partial charge in [0.05, 0.1) is 5.69 Å². The average Bonchev–Trinajstić information content (AvgIpc) is 2.56. The molecule has 1 heterocycles. The molecule has 1 aromatic heterocycles. The summed E-state index contributed by atoms with van der Waals surface area (Å²) in [6.45, 7) is 1.51. The standard InChI is InChI=1S/C11H9F4N3S/c1-6-5-7(12)3-4-8(6)18-9(11(13,14)15)16-17(2)10(18)19/h3-5H,1-2H3. The normalized spacial score (nSPS) is 11.9. The lowest BCUT2D eigenvalue weighted by Gasteiger charge is -2.11. The van der Waals surface area contributed by atoms with Gasteiger partial charge in [-0.1, -0.05) is 0 Å². The largest absolute Gasteiger partial charge is 0.452 e. The summed E-state index contributed by atoms with van der Waals surface area (Å²) in [5.74, 6) is -1.65. The van der Waals surface area contributed by atoms with Gasteiger partial charge in [-0.05, 0) is 42.9 Å². The molecule has 0 aliphatic rings. The number of hydrogen-bond acceptors (Lipinski definition) is 2. The van der Waals surface area contributed by atoms with Gasteiger partial charge in [0.25, 0.3) is 0 Å². The Labute approximate surface area is 111 Å². The molecule has 0 fully saturated rings. The van der Waals surface area contributed by atoms with Crippen LogP contribution in [0.2, 0.25) is 0 Å². The summed E-state index contributed by atoms with van der Waals surface area (Å²) in [4.78, 5) is 0. The smallest absolute Gasteiger partial charge is 0.264 e. The second kappa shape index (κ2) is 4.44. The first-order valence-corrected chi connectivity index (χ1v) is 5.62. The molecule has 0 saturated carbocycles. The van der Waals surface area contributed by atoms with Crippen molar-refractivity contribution in [3.05, 3.63) is 40.2 Å². The summed E-state index contributed by atoms with van der Waals surface area (Å²) >= 11 is 4.93. The Balaban J connectivity index is 2.78. The Bertz CT molecular complexity index is 684. The molecule has 0 spiro atoms. The van der Waals surface area contributed by atoms with Crippen molar-refractivity contribution in [2.24, 2.45) is 7.05 Å². The summed E-state index contributed by atoms with van der Waals surface area (Å²) in [6, 6.07) is 3.47. The molecule has 0 aliphatic carbocycles. The van der Waals surface area contributed by atoms with Crippen LogP contribution < -0.4 is 0 Å². The molecule has 8 heteroatoms. The molecule has 102 valence electrons. The Morgan fingerprint density at radius 1 is 1.26 bits per heavy atom. The Morgan fingerprint density at radius 3 is 2.42 bits per heavy atom. The SMILES string of the molecule is Cc1cc(F)ccc1-n1c(C(F)(F)F)nn(C)c1=S. The lowest BCUT2D eigenvalue weighted by molar-refractivity contribution is -0.146. The van der Waals surface area contributed by atoms with Gasteiger partial charge in [-0.3, -0.25) is 4.57 Å². The Kier molecular flexibility index (Phi) is 3.21. The van der Waals surface area contributed by atoms with Gasteiger partial charge in [-0.15, -0.1) is 5.10 Å². The van der Waals surface area contributed by atoms with E-state index in [1.54, 1.807) is 0 Å². The first-order valence-electron chi connectivity index (χ1n) is 5.21. The van der Waals surface area contributed by atoms with E-state index >= 15 is 0 Å². The van der Waals surface area contributed by atoms with E-state index in [2.05, 4.69) is 5.10 Å². The number of aromatic nitrogens is 3. The van der Waals surface area contributed by atoms with E-state index in [1.807, 2.05) is 0 Å². The zero-order valence-electron chi connectivity index (χ0n) is 9.99. The average molecular weight is 291 g/mol. The molecule has 0 bridgehead atoms. The fourth-order valence-corrected chi connectivity index (χ4v) is 1.96. The molecule has 0 radical (unpaired) electrons. The maximum atomic E-state index is 13.0. The number of rotatable bonds is 1. The van der Waals surface area contributed by atoms with Crippen LogP contribution in [0.4, 0.5) is 17.6 Å². The highest BCUT2D eigenvalue weighted by Crippen LogP contribution is 2.30.